The molecule has 0 aromatic heterocycles. The molecule has 110 valence electrons. The lowest BCUT2D eigenvalue weighted by atomic mass is 10.1. The summed E-state index contributed by atoms with van der Waals surface area (Å²) < 4.78 is 17.8. The Bertz CT molecular complexity index is 236. The maximum Gasteiger partial charge on any atom is 0.203 e. The number of aliphatic hydroxyl groups is 1. The Hall–Kier alpha value is 0.110. The van der Waals surface area contributed by atoms with E-state index < -0.39 is 7.37 Å². The predicted octanol–water partition coefficient (Wildman–Crippen LogP) is 2.98. The summed E-state index contributed by atoms with van der Waals surface area (Å²) in [6, 6.07) is 0. The van der Waals surface area contributed by atoms with Crippen molar-refractivity contribution in [2.75, 3.05) is 25.5 Å². The van der Waals surface area contributed by atoms with Gasteiger partial charge in [-0.15, -0.1) is 0 Å². The van der Waals surface area contributed by atoms with Crippen molar-refractivity contribution in [1.82, 2.24) is 0 Å². The second kappa shape index (κ2) is 11.0. The first-order valence-corrected chi connectivity index (χ1v) is 9.18. The van der Waals surface area contributed by atoms with E-state index in [9.17, 15) is 9.67 Å². The fourth-order valence-electron chi connectivity index (χ4n) is 2.02. The summed E-state index contributed by atoms with van der Waals surface area (Å²) >= 11 is 0. The average molecular weight is 279 g/mol. The van der Waals surface area contributed by atoms with Crippen LogP contribution in [0.4, 0.5) is 0 Å². The molecule has 0 amide bonds. The van der Waals surface area contributed by atoms with Crippen molar-refractivity contribution in [3.63, 3.8) is 0 Å². The topological polar surface area (TPSA) is 72.5 Å². The minimum atomic E-state index is -2.47. The van der Waals surface area contributed by atoms with Crippen molar-refractivity contribution in [2.24, 2.45) is 5.73 Å². The molecule has 18 heavy (non-hydrogen) atoms. The molecule has 0 radical (unpaired) electrons. The maximum absolute atomic E-state index is 12.4. The van der Waals surface area contributed by atoms with Crippen molar-refractivity contribution in [1.29, 1.82) is 0 Å². The molecule has 3 N–H and O–H groups in total. The van der Waals surface area contributed by atoms with Crippen LogP contribution in [0.2, 0.25) is 0 Å². The molecule has 0 saturated heterocycles. The van der Waals surface area contributed by atoms with Crippen LogP contribution >= 0.6 is 7.37 Å². The van der Waals surface area contributed by atoms with Crippen LogP contribution in [0.3, 0.4) is 0 Å². The van der Waals surface area contributed by atoms with Crippen LogP contribution in [0.5, 0.6) is 0 Å². The van der Waals surface area contributed by atoms with Crippen LogP contribution < -0.4 is 5.73 Å². The van der Waals surface area contributed by atoms with Crippen LogP contribution in [0.1, 0.15) is 52.4 Å². The summed E-state index contributed by atoms with van der Waals surface area (Å²) in [5.41, 5.74) is 5.45. The molecule has 2 atom stereocenters. The molecule has 0 bridgehead atoms. The highest BCUT2D eigenvalue weighted by atomic mass is 31.2. The van der Waals surface area contributed by atoms with Crippen LogP contribution in [-0.2, 0) is 9.09 Å². The quantitative estimate of drug-likeness (QED) is 0.425. The fraction of sp³-hybridized carbons (Fsp3) is 1.00. The Balaban J connectivity index is 3.86. The Labute approximate surface area is 112 Å². The number of unbranched alkanes of at least 4 members (excludes halogenated alkanes) is 1. The predicted molar refractivity (Wildman–Crippen MR) is 77.4 cm³/mol. The van der Waals surface area contributed by atoms with E-state index in [0.717, 1.165) is 38.5 Å². The SMILES string of the molecule is CCCC(O)CCCCP(=O)(CCCN)OCC. The molecule has 5 heteroatoms. The molecule has 0 heterocycles. The summed E-state index contributed by atoms with van der Waals surface area (Å²) in [4.78, 5) is 0. The van der Waals surface area contributed by atoms with E-state index in [1.807, 2.05) is 6.92 Å². The van der Waals surface area contributed by atoms with Crippen LogP contribution in [0, 0.1) is 0 Å². The zero-order chi connectivity index (χ0) is 13.9. The van der Waals surface area contributed by atoms with E-state index in [0.29, 0.717) is 25.5 Å². The van der Waals surface area contributed by atoms with Gasteiger partial charge in [0.05, 0.1) is 12.7 Å². The summed E-state index contributed by atoms with van der Waals surface area (Å²) in [7, 11) is -2.47. The van der Waals surface area contributed by atoms with Crippen molar-refractivity contribution < 1.29 is 14.2 Å². The van der Waals surface area contributed by atoms with Crippen molar-refractivity contribution in [3.05, 3.63) is 0 Å². The fourth-order valence-corrected chi connectivity index (χ4v) is 4.34. The third kappa shape index (κ3) is 9.09. The number of hydrogen-bond donors (Lipinski definition) is 2. The molecule has 0 saturated carbocycles. The Morgan fingerprint density at radius 1 is 1.17 bits per heavy atom. The maximum atomic E-state index is 12.4. The first kappa shape index (κ1) is 18.1. The normalized spacial score (nSPS) is 16.4. The Morgan fingerprint density at radius 2 is 1.83 bits per heavy atom. The number of nitrogens with two attached hydrogens (primary N) is 1. The molecule has 4 nitrogen and oxygen atoms in total. The van der Waals surface area contributed by atoms with E-state index >= 15 is 0 Å². The van der Waals surface area contributed by atoms with Crippen LogP contribution in [0.25, 0.3) is 0 Å². The van der Waals surface area contributed by atoms with Crippen molar-refractivity contribution >= 4 is 7.37 Å². The van der Waals surface area contributed by atoms with E-state index in [1.165, 1.54) is 0 Å². The molecular weight excluding hydrogens is 249 g/mol. The number of rotatable bonds is 12. The van der Waals surface area contributed by atoms with Gasteiger partial charge in [-0.1, -0.05) is 19.8 Å². The Kier molecular flexibility index (Phi) is 11.0. The highest BCUT2D eigenvalue weighted by Crippen LogP contribution is 2.48. The van der Waals surface area contributed by atoms with Gasteiger partial charge >= 0.3 is 0 Å². The molecule has 2 unspecified atom stereocenters. The lowest BCUT2D eigenvalue weighted by Gasteiger charge is -2.18. The smallest absolute Gasteiger partial charge is 0.203 e. The van der Waals surface area contributed by atoms with Gasteiger partial charge in [-0.25, -0.2) is 0 Å². The lowest BCUT2D eigenvalue weighted by Crippen LogP contribution is -2.08. The van der Waals surface area contributed by atoms with Gasteiger partial charge in [0, 0.05) is 12.3 Å². The highest BCUT2D eigenvalue weighted by Gasteiger charge is 2.21. The molecule has 0 aliphatic heterocycles. The first-order chi connectivity index (χ1) is 8.58. The summed E-state index contributed by atoms with van der Waals surface area (Å²) in [5.74, 6) is 0. The summed E-state index contributed by atoms with van der Waals surface area (Å²) in [5, 5.41) is 9.61. The molecule has 0 aromatic carbocycles. The van der Waals surface area contributed by atoms with Gasteiger partial charge in [0.25, 0.3) is 0 Å². The second-order valence-corrected chi connectivity index (χ2v) is 7.54. The third-order valence-electron chi connectivity index (χ3n) is 2.98. The van der Waals surface area contributed by atoms with Crippen LogP contribution in [0.15, 0.2) is 0 Å². The molecule has 0 rings (SSSR count). The monoisotopic (exact) mass is 279 g/mol. The van der Waals surface area contributed by atoms with Gasteiger partial charge in [0.15, 0.2) is 0 Å². The average Bonchev–Trinajstić information content (AvgIpc) is 2.33. The van der Waals surface area contributed by atoms with E-state index in [1.54, 1.807) is 0 Å². The first-order valence-electron chi connectivity index (χ1n) is 7.18. The zero-order valence-electron chi connectivity index (χ0n) is 11.9. The van der Waals surface area contributed by atoms with E-state index in [2.05, 4.69) is 6.92 Å². The number of hydrogen-bond acceptors (Lipinski definition) is 4. The summed E-state index contributed by atoms with van der Waals surface area (Å²) in [6.45, 7) is 5.01. The summed E-state index contributed by atoms with van der Waals surface area (Å²) in [6.07, 6.45) is 6.22. The largest absolute Gasteiger partial charge is 0.393 e. The van der Waals surface area contributed by atoms with Gasteiger partial charge in [-0.3, -0.25) is 4.57 Å². The standard InChI is InChI=1S/C13H30NO3P/c1-3-8-13(15)9-5-6-11-18(16,17-4-2)12-7-10-14/h13,15H,3-12,14H2,1-2H3. The van der Waals surface area contributed by atoms with Gasteiger partial charge in [-0.05, 0) is 39.2 Å². The third-order valence-corrected chi connectivity index (χ3v) is 5.70. The highest BCUT2D eigenvalue weighted by molar-refractivity contribution is 7.58. The van der Waals surface area contributed by atoms with Gasteiger partial charge in [0.2, 0.25) is 7.37 Å². The van der Waals surface area contributed by atoms with Gasteiger partial charge < -0.3 is 15.4 Å². The molecule has 0 aromatic rings. The van der Waals surface area contributed by atoms with E-state index in [4.69, 9.17) is 10.3 Å². The number of aliphatic hydroxyl groups excluding tert-OH is 1. The minimum Gasteiger partial charge on any atom is -0.393 e. The molecule has 0 fully saturated rings. The second-order valence-electron chi connectivity index (χ2n) is 4.76. The minimum absolute atomic E-state index is 0.203. The van der Waals surface area contributed by atoms with E-state index in [-0.39, 0.29) is 6.10 Å². The molecular formula is C13H30NO3P. The lowest BCUT2D eigenvalue weighted by molar-refractivity contribution is 0.150. The van der Waals surface area contributed by atoms with Crippen molar-refractivity contribution in [3.8, 4) is 0 Å². The molecule has 0 aliphatic carbocycles. The van der Waals surface area contributed by atoms with Gasteiger partial charge in [0.1, 0.15) is 0 Å². The van der Waals surface area contributed by atoms with Gasteiger partial charge in [-0.2, -0.15) is 0 Å². The van der Waals surface area contributed by atoms with Crippen molar-refractivity contribution in [2.45, 2.75) is 58.5 Å². The molecule has 0 aliphatic rings. The molecule has 0 spiro atoms. The Morgan fingerprint density at radius 3 is 2.39 bits per heavy atom. The zero-order valence-corrected chi connectivity index (χ0v) is 12.8. The van der Waals surface area contributed by atoms with Crippen LogP contribution in [-0.4, -0.2) is 36.7 Å².